The number of rotatable bonds is 5. The van der Waals surface area contributed by atoms with Gasteiger partial charge in [0.1, 0.15) is 6.54 Å². The first kappa shape index (κ1) is 21.2. The molecular weight excluding hydrogens is 439 g/mol. The van der Waals surface area contributed by atoms with Crippen LogP contribution in [-0.4, -0.2) is 36.3 Å². The van der Waals surface area contributed by atoms with Crippen molar-refractivity contribution in [1.29, 1.82) is 0 Å². The van der Waals surface area contributed by atoms with Gasteiger partial charge < -0.3 is 5.32 Å². The summed E-state index contributed by atoms with van der Waals surface area (Å²) < 4.78 is 28.3. The highest BCUT2D eigenvalue weighted by atomic mass is 35.5. The molecule has 1 aromatic heterocycles. The van der Waals surface area contributed by atoms with Gasteiger partial charge in [-0.15, -0.1) is 0 Å². The van der Waals surface area contributed by atoms with Gasteiger partial charge in [-0.3, -0.25) is 18.2 Å². The number of aromatic nitrogens is 2. The van der Waals surface area contributed by atoms with Crippen LogP contribution in [0.4, 0.5) is 11.4 Å². The Labute approximate surface area is 177 Å². The lowest BCUT2D eigenvalue weighted by atomic mass is 10.2. The number of amides is 1. The monoisotopic (exact) mass is 456 g/mol. The molecule has 8 nitrogen and oxygen atoms in total. The van der Waals surface area contributed by atoms with Gasteiger partial charge in [0, 0.05) is 19.8 Å². The maximum Gasteiger partial charge on any atom is 0.328 e. The fourth-order valence-corrected chi connectivity index (χ4v) is 4.29. The van der Waals surface area contributed by atoms with Gasteiger partial charge in [-0.05, 0) is 30.3 Å². The first-order valence-corrected chi connectivity index (χ1v) is 11.0. The van der Waals surface area contributed by atoms with E-state index >= 15 is 0 Å². The van der Waals surface area contributed by atoms with E-state index in [2.05, 4.69) is 5.32 Å². The summed E-state index contributed by atoms with van der Waals surface area (Å²) in [6.07, 6.45) is 0.976. The van der Waals surface area contributed by atoms with E-state index in [1.54, 1.807) is 38.4 Å². The molecule has 0 saturated carbocycles. The van der Waals surface area contributed by atoms with Crippen molar-refractivity contribution in [2.24, 2.45) is 14.1 Å². The third-order valence-corrected chi connectivity index (χ3v) is 6.38. The third kappa shape index (κ3) is 4.12. The highest BCUT2D eigenvalue weighted by molar-refractivity contribution is 7.92. The SMILES string of the molecule is Cn1c(=O)n(C)c2cc(NC(=O)CN(c3cccc(Cl)c3Cl)S(C)(=O)=O)ccc21. The topological polar surface area (TPSA) is 93.4 Å². The number of sulfonamides is 1. The van der Waals surface area contributed by atoms with Crippen molar-refractivity contribution in [3.8, 4) is 0 Å². The van der Waals surface area contributed by atoms with Crippen molar-refractivity contribution in [2.45, 2.75) is 0 Å². The van der Waals surface area contributed by atoms with Crippen molar-refractivity contribution in [3.63, 3.8) is 0 Å². The molecule has 1 heterocycles. The lowest BCUT2D eigenvalue weighted by Crippen LogP contribution is -2.37. The lowest BCUT2D eigenvalue weighted by molar-refractivity contribution is -0.114. The number of benzene rings is 2. The van der Waals surface area contributed by atoms with Gasteiger partial charge >= 0.3 is 5.69 Å². The van der Waals surface area contributed by atoms with Crippen LogP contribution in [0, 0.1) is 0 Å². The molecule has 0 radical (unpaired) electrons. The molecule has 0 saturated heterocycles. The van der Waals surface area contributed by atoms with E-state index in [1.807, 2.05) is 0 Å². The molecule has 0 spiro atoms. The molecule has 1 N–H and O–H groups in total. The molecular formula is C18H18Cl2N4O4S. The van der Waals surface area contributed by atoms with Gasteiger partial charge in [0.15, 0.2) is 0 Å². The summed E-state index contributed by atoms with van der Waals surface area (Å²) >= 11 is 12.1. The minimum absolute atomic E-state index is 0.0353. The van der Waals surface area contributed by atoms with Crippen LogP contribution in [0.2, 0.25) is 10.0 Å². The summed E-state index contributed by atoms with van der Waals surface area (Å²) in [5, 5.41) is 2.86. The minimum Gasteiger partial charge on any atom is -0.324 e. The summed E-state index contributed by atoms with van der Waals surface area (Å²) in [6, 6.07) is 9.52. The van der Waals surface area contributed by atoms with Gasteiger partial charge in [-0.2, -0.15) is 0 Å². The minimum atomic E-state index is -3.81. The van der Waals surface area contributed by atoms with Gasteiger partial charge in [0.2, 0.25) is 15.9 Å². The van der Waals surface area contributed by atoms with Gasteiger partial charge in [0.25, 0.3) is 0 Å². The van der Waals surface area contributed by atoms with E-state index < -0.39 is 22.5 Å². The molecule has 154 valence electrons. The first-order chi connectivity index (χ1) is 13.5. The number of halogens is 2. The summed E-state index contributed by atoms with van der Waals surface area (Å²) in [7, 11) is -0.525. The molecule has 3 aromatic rings. The lowest BCUT2D eigenvalue weighted by Gasteiger charge is -2.23. The molecule has 0 aliphatic carbocycles. The quantitative estimate of drug-likeness (QED) is 0.638. The molecule has 0 fully saturated rings. The van der Waals surface area contributed by atoms with Gasteiger partial charge in [-0.25, -0.2) is 13.2 Å². The van der Waals surface area contributed by atoms with Crippen LogP contribution >= 0.6 is 23.2 Å². The predicted molar refractivity (Wildman–Crippen MR) is 115 cm³/mol. The average Bonchev–Trinajstić information content (AvgIpc) is 2.85. The van der Waals surface area contributed by atoms with Crippen molar-refractivity contribution >= 4 is 61.5 Å². The van der Waals surface area contributed by atoms with Crippen LogP contribution in [0.1, 0.15) is 0 Å². The third-order valence-electron chi connectivity index (χ3n) is 4.44. The Morgan fingerprint density at radius 3 is 2.41 bits per heavy atom. The molecule has 11 heteroatoms. The normalized spacial score (nSPS) is 11.6. The zero-order chi connectivity index (χ0) is 21.5. The largest absolute Gasteiger partial charge is 0.328 e. The van der Waals surface area contributed by atoms with E-state index in [4.69, 9.17) is 23.2 Å². The Balaban J connectivity index is 1.90. The number of nitrogens with zero attached hydrogens (tertiary/aromatic N) is 3. The second-order valence-corrected chi connectivity index (χ2v) is 9.19. The molecule has 2 aromatic carbocycles. The molecule has 0 aliphatic rings. The van der Waals surface area contributed by atoms with Crippen molar-refractivity contribution < 1.29 is 13.2 Å². The Kier molecular flexibility index (Phi) is 5.66. The summed E-state index contributed by atoms with van der Waals surface area (Å²) in [4.78, 5) is 24.6. The number of hydrogen-bond acceptors (Lipinski definition) is 4. The van der Waals surface area contributed by atoms with E-state index in [0.29, 0.717) is 16.7 Å². The zero-order valence-corrected chi connectivity index (χ0v) is 18.1. The number of fused-ring (bicyclic) bond motifs is 1. The molecule has 3 rings (SSSR count). The standard InChI is InChI=1S/C18H18Cl2N4O4S/c1-22-13-8-7-11(9-15(13)23(2)18(22)26)21-16(25)10-24(29(3,27)28)14-6-4-5-12(19)17(14)20/h4-9H,10H2,1-3H3,(H,21,25). The van der Waals surface area contributed by atoms with Crippen molar-refractivity contribution in [3.05, 3.63) is 56.9 Å². The summed E-state index contributed by atoms with van der Waals surface area (Å²) in [5.41, 5.74) is 1.68. The number of imidazole rings is 1. The predicted octanol–water partition coefficient (Wildman–Crippen LogP) is 2.59. The fraction of sp³-hybridized carbons (Fsp3) is 0.222. The van der Waals surface area contributed by atoms with Crippen molar-refractivity contribution in [2.75, 3.05) is 22.4 Å². The number of hydrogen-bond donors (Lipinski definition) is 1. The molecule has 0 bridgehead atoms. The van der Waals surface area contributed by atoms with Crippen LogP contribution < -0.4 is 15.3 Å². The van der Waals surface area contributed by atoms with Gasteiger partial charge in [0.05, 0.1) is 33.0 Å². The maximum absolute atomic E-state index is 12.6. The summed E-state index contributed by atoms with van der Waals surface area (Å²) in [6.45, 7) is -0.495. The number of aryl methyl sites for hydroxylation is 2. The molecule has 0 atom stereocenters. The van der Waals surface area contributed by atoms with Crippen LogP contribution in [0.3, 0.4) is 0 Å². The first-order valence-electron chi connectivity index (χ1n) is 8.37. The highest BCUT2D eigenvalue weighted by Crippen LogP contribution is 2.33. The molecule has 0 aliphatic heterocycles. The van der Waals surface area contributed by atoms with E-state index in [9.17, 15) is 18.0 Å². The van der Waals surface area contributed by atoms with Crippen LogP contribution in [-0.2, 0) is 28.9 Å². The molecule has 1 amide bonds. The van der Waals surface area contributed by atoms with Crippen LogP contribution in [0.15, 0.2) is 41.2 Å². The van der Waals surface area contributed by atoms with E-state index in [0.717, 1.165) is 10.6 Å². The Bertz CT molecular complexity index is 1280. The van der Waals surface area contributed by atoms with Crippen LogP contribution in [0.5, 0.6) is 0 Å². The van der Waals surface area contributed by atoms with E-state index in [1.165, 1.54) is 21.3 Å². The molecule has 0 unspecified atom stereocenters. The van der Waals surface area contributed by atoms with Crippen LogP contribution in [0.25, 0.3) is 11.0 Å². The maximum atomic E-state index is 12.6. The van der Waals surface area contributed by atoms with Gasteiger partial charge in [-0.1, -0.05) is 29.3 Å². The number of carbonyl (C=O) groups excluding carboxylic acids is 1. The smallest absolute Gasteiger partial charge is 0.324 e. The number of nitrogens with one attached hydrogen (secondary N) is 1. The number of anilines is 2. The summed E-state index contributed by atoms with van der Waals surface area (Å²) in [5.74, 6) is -0.577. The Morgan fingerprint density at radius 1 is 1.10 bits per heavy atom. The number of carbonyl (C=O) groups is 1. The Morgan fingerprint density at radius 2 is 1.76 bits per heavy atom. The Hall–Kier alpha value is -2.49. The highest BCUT2D eigenvalue weighted by Gasteiger charge is 2.24. The van der Waals surface area contributed by atoms with Crippen molar-refractivity contribution in [1.82, 2.24) is 9.13 Å². The second kappa shape index (κ2) is 7.74. The zero-order valence-electron chi connectivity index (χ0n) is 15.8. The van der Waals surface area contributed by atoms with E-state index in [-0.39, 0.29) is 21.4 Å². The fourth-order valence-electron chi connectivity index (χ4n) is 2.98. The molecule has 29 heavy (non-hydrogen) atoms. The second-order valence-electron chi connectivity index (χ2n) is 6.49. The average molecular weight is 457 g/mol.